The maximum Gasteiger partial charge on any atom is 0.326 e. The third-order valence-corrected chi connectivity index (χ3v) is 3.89. The van der Waals surface area contributed by atoms with Crippen molar-refractivity contribution in [3.63, 3.8) is 0 Å². The zero-order chi connectivity index (χ0) is 15.4. The molecule has 0 bridgehead atoms. The Bertz CT molecular complexity index is 514. The van der Waals surface area contributed by atoms with Gasteiger partial charge >= 0.3 is 12.0 Å². The minimum Gasteiger partial charge on any atom is -0.480 e. The number of aryl methyl sites for hydroxylation is 1. The summed E-state index contributed by atoms with van der Waals surface area (Å²) in [5.74, 6) is 0.502. The van der Waals surface area contributed by atoms with Crippen LogP contribution in [0.3, 0.4) is 0 Å². The number of carbonyl (C=O) groups excluding carboxylic acids is 1. The first kappa shape index (κ1) is 15.3. The lowest BCUT2D eigenvalue weighted by atomic mass is 9.89. The monoisotopic (exact) mass is 295 g/mol. The summed E-state index contributed by atoms with van der Waals surface area (Å²) in [6.07, 6.45) is 3.87. The Morgan fingerprint density at radius 3 is 2.90 bits per heavy atom. The summed E-state index contributed by atoms with van der Waals surface area (Å²) in [4.78, 5) is 28.9. The molecule has 1 saturated heterocycles. The molecule has 7 nitrogen and oxygen atoms in total. The molecule has 116 valence electrons. The summed E-state index contributed by atoms with van der Waals surface area (Å²) >= 11 is 0. The molecule has 1 aromatic rings. The molecule has 0 aromatic carbocycles. The highest BCUT2D eigenvalue weighted by atomic mass is 16.4. The van der Waals surface area contributed by atoms with Crippen LogP contribution in [0, 0.1) is 12.8 Å². The van der Waals surface area contributed by atoms with Gasteiger partial charge in [0.2, 0.25) is 5.89 Å². The van der Waals surface area contributed by atoms with E-state index in [0.717, 1.165) is 12.8 Å². The number of urea groups is 1. The number of nitrogens with one attached hydrogen (secondary N) is 1. The number of rotatable bonds is 4. The Morgan fingerprint density at radius 1 is 1.57 bits per heavy atom. The van der Waals surface area contributed by atoms with Crippen molar-refractivity contribution in [1.82, 2.24) is 15.2 Å². The summed E-state index contributed by atoms with van der Waals surface area (Å²) in [6.45, 7) is 4.44. The quantitative estimate of drug-likeness (QED) is 0.882. The fraction of sp³-hybridized carbons (Fsp3) is 0.643. The summed E-state index contributed by atoms with van der Waals surface area (Å²) in [5.41, 5.74) is 0. The third kappa shape index (κ3) is 3.74. The number of hydrogen-bond acceptors (Lipinski definition) is 4. The van der Waals surface area contributed by atoms with Gasteiger partial charge in [0.15, 0.2) is 0 Å². The summed E-state index contributed by atoms with van der Waals surface area (Å²) in [5, 5.41) is 12.0. The van der Waals surface area contributed by atoms with Crippen LogP contribution >= 0.6 is 0 Å². The number of carboxylic acids is 1. The zero-order valence-corrected chi connectivity index (χ0v) is 12.3. The zero-order valence-electron chi connectivity index (χ0n) is 12.3. The second kappa shape index (κ2) is 6.60. The lowest BCUT2D eigenvalue weighted by Crippen LogP contribution is -2.53. The predicted octanol–water partition coefficient (Wildman–Crippen LogP) is 1.77. The topological polar surface area (TPSA) is 95.7 Å². The molecule has 1 aliphatic heterocycles. The fourth-order valence-corrected chi connectivity index (χ4v) is 2.62. The van der Waals surface area contributed by atoms with Gasteiger partial charge in [-0.25, -0.2) is 14.6 Å². The van der Waals surface area contributed by atoms with Gasteiger partial charge in [-0.15, -0.1) is 0 Å². The molecule has 2 N–H and O–H groups in total. The van der Waals surface area contributed by atoms with Crippen molar-refractivity contribution in [3.05, 3.63) is 17.8 Å². The van der Waals surface area contributed by atoms with Crippen molar-refractivity contribution in [1.29, 1.82) is 0 Å². The number of hydrogen-bond donors (Lipinski definition) is 2. The molecule has 2 heterocycles. The smallest absolute Gasteiger partial charge is 0.326 e. The number of nitrogens with zero attached hydrogens (tertiary/aromatic N) is 2. The van der Waals surface area contributed by atoms with E-state index in [0.29, 0.717) is 30.5 Å². The van der Waals surface area contributed by atoms with E-state index < -0.39 is 12.0 Å². The number of carbonyl (C=O) groups is 2. The van der Waals surface area contributed by atoms with Gasteiger partial charge in [-0.05, 0) is 25.7 Å². The van der Waals surface area contributed by atoms with Crippen LogP contribution in [0.25, 0.3) is 0 Å². The van der Waals surface area contributed by atoms with Gasteiger partial charge in [0.05, 0.1) is 12.7 Å². The summed E-state index contributed by atoms with van der Waals surface area (Å²) in [7, 11) is 0. The van der Waals surface area contributed by atoms with Crippen LogP contribution in [-0.4, -0.2) is 39.6 Å². The van der Waals surface area contributed by atoms with E-state index in [1.807, 2.05) is 6.92 Å². The third-order valence-electron chi connectivity index (χ3n) is 3.89. The lowest BCUT2D eigenvalue weighted by Gasteiger charge is -2.36. The van der Waals surface area contributed by atoms with Crippen LogP contribution in [0.1, 0.15) is 37.8 Å². The van der Waals surface area contributed by atoms with Crippen molar-refractivity contribution in [2.24, 2.45) is 5.92 Å². The maximum atomic E-state index is 12.2. The Kier molecular flexibility index (Phi) is 4.82. The van der Waals surface area contributed by atoms with Crippen LogP contribution in [0.5, 0.6) is 0 Å². The molecular formula is C14H21N3O4. The highest BCUT2D eigenvalue weighted by molar-refractivity contribution is 5.82. The highest BCUT2D eigenvalue weighted by Crippen LogP contribution is 2.25. The molecule has 2 unspecified atom stereocenters. The van der Waals surface area contributed by atoms with Gasteiger partial charge in [0.1, 0.15) is 11.8 Å². The molecule has 0 aliphatic carbocycles. The van der Waals surface area contributed by atoms with Crippen molar-refractivity contribution in [2.45, 2.75) is 45.7 Å². The second-order valence-electron chi connectivity index (χ2n) is 5.37. The first-order chi connectivity index (χ1) is 10.0. The Labute approximate surface area is 123 Å². The number of likely N-dealkylation sites (tertiary alicyclic amines) is 1. The second-order valence-corrected chi connectivity index (χ2v) is 5.37. The molecule has 0 spiro atoms. The van der Waals surface area contributed by atoms with Gasteiger partial charge in [-0.3, -0.25) is 0 Å². The van der Waals surface area contributed by atoms with E-state index in [2.05, 4.69) is 10.3 Å². The van der Waals surface area contributed by atoms with E-state index in [1.165, 1.54) is 4.90 Å². The number of amides is 2. The van der Waals surface area contributed by atoms with E-state index in [1.54, 1.807) is 13.1 Å². The average Bonchev–Trinajstić information content (AvgIpc) is 2.89. The molecule has 1 fully saturated rings. The minimum absolute atomic E-state index is 0.159. The van der Waals surface area contributed by atoms with Crippen LogP contribution in [0.4, 0.5) is 4.79 Å². The van der Waals surface area contributed by atoms with Gasteiger partial charge in [-0.1, -0.05) is 13.3 Å². The SMILES string of the molecule is CCC1CCN(C(=O)NCc2ncc(C)o2)C(C(=O)O)C1. The molecule has 21 heavy (non-hydrogen) atoms. The molecule has 0 saturated carbocycles. The van der Waals surface area contributed by atoms with Crippen molar-refractivity contribution in [3.8, 4) is 0 Å². The number of carboxylic acid groups (broad SMARTS) is 1. The molecule has 1 aromatic heterocycles. The molecule has 2 rings (SSSR count). The molecule has 7 heteroatoms. The first-order valence-electron chi connectivity index (χ1n) is 7.19. The summed E-state index contributed by atoms with van der Waals surface area (Å²) < 4.78 is 5.27. The molecule has 2 amide bonds. The average molecular weight is 295 g/mol. The normalized spacial score (nSPS) is 22.1. The van der Waals surface area contributed by atoms with Gasteiger partial charge < -0.3 is 19.7 Å². The van der Waals surface area contributed by atoms with Crippen LogP contribution in [0.15, 0.2) is 10.6 Å². The van der Waals surface area contributed by atoms with E-state index in [4.69, 9.17) is 4.42 Å². The minimum atomic E-state index is -0.949. The molecular weight excluding hydrogens is 274 g/mol. The van der Waals surface area contributed by atoms with Crippen molar-refractivity contribution >= 4 is 12.0 Å². The first-order valence-corrected chi connectivity index (χ1v) is 7.19. The predicted molar refractivity (Wildman–Crippen MR) is 74.6 cm³/mol. The molecule has 0 radical (unpaired) electrons. The lowest BCUT2D eigenvalue weighted by molar-refractivity contribution is -0.144. The van der Waals surface area contributed by atoms with E-state index >= 15 is 0 Å². The Hall–Kier alpha value is -2.05. The van der Waals surface area contributed by atoms with E-state index in [-0.39, 0.29) is 12.6 Å². The van der Waals surface area contributed by atoms with Crippen molar-refractivity contribution in [2.75, 3.05) is 6.54 Å². The molecule has 1 aliphatic rings. The Balaban J connectivity index is 1.95. The Morgan fingerprint density at radius 2 is 2.33 bits per heavy atom. The van der Waals surface area contributed by atoms with Gasteiger partial charge in [0.25, 0.3) is 0 Å². The maximum absolute atomic E-state index is 12.2. The van der Waals surface area contributed by atoms with Crippen molar-refractivity contribution < 1.29 is 19.1 Å². The van der Waals surface area contributed by atoms with Gasteiger partial charge in [-0.2, -0.15) is 0 Å². The number of aromatic nitrogens is 1. The van der Waals surface area contributed by atoms with Crippen LogP contribution in [0.2, 0.25) is 0 Å². The number of piperidine rings is 1. The number of oxazole rings is 1. The molecule has 2 atom stereocenters. The van der Waals surface area contributed by atoms with Crippen LogP contribution in [-0.2, 0) is 11.3 Å². The fourth-order valence-electron chi connectivity index (χ4n) is 2.62. The number of aliphatic carboxylic acids is 1. The summed E-state index contributed by atoms with van der Waals surface area (Å²) in [6, 6.07) is -1.14. The van der Waals surface area contributed by atoms with Gasteiger partial charge in [0, 0.05) is 6.54 Å². The standard InChI is InChI=1S/C14H21N3O4/c1-3-10-4-5-17(11(6-10)13(18)19)14(20)16-8-12-15-7-9(2)21-12/h7,10-11H,3-6,8H2,1-2H3,(H,16,20)(H,18,19). The largest absolute Gasteiger partial charge is 0.480 e. The van der Waals surface area contributed by atoms with E-state index in [9.17, 15) is 14.7 Å². The highest BCUT2D eigenvalue weighted by Gasteiger charge is 2.35. The van der Waals surface area contributed by atoms with Crippen LogP contribution < -0.4 is 5.32 Å².